The highest BCUT2D eigenvalue weighted by atomic mass is 16.5. The van der Waals surface area contributed by atoms with E-state index < -0.39 is 0 Å². The largest absolute Gasteiger partial charge is 0.383 e. The van der Waals surface area contributed by atoms with Gasteiger partial charge in [-0.1, -0.05) is 43.7 Å². The average Bonchev–Trinajstić information content (AvgIpc) is 2.46. The summed E-state index contributed by atoms with van der Waals surface area (Å²) in [6.07, 6.45) is 2.28. The molecule has 0 aliphatic rings. The molecule has 0 bridgehead atoms. The van der Waals surface area contributed by atoms with Crippen LogP contribution in [0.25, 0.3) is 0 Å². The van der Waals surface area contributed by atoms with Gasteiger partial charge in [-0.05, 0) is 25.3 Å². The van der Waals surface area contributed by atoms with E-state index in [0.29, 0.717) is 12.6 Å². The first-order valence-electron chi connectivity index (χ1n) is 7.69. The van der Waals surface area contributed by atoms with E-state index in [4.69, 9.17) is 10.5 Å². The summed E-state index contributed by atoms with van der Waals surface area (Å²) in [4.78, 5) is 2.51. The monoisotopic (exact) mass is 278 g/mol. The minimum Gasteiger partial charge on any atom is -0.383 e. The Labute approximate surface area is 124 Å². The minimum atomic E-state index is 0.273. The van der Waals surface area contributed by atoms with Gasteiger partial charge in [-0.15, -0.1) is 0 Å². The zero-order valence-electron chi connectivity index (χ0n) is 13.4. The van der Waals surface area contributed by atoms with Gasteiger partial charge in [0.15, 0.2) is 0 Å². The first-order chi connectivity index (χ1) is 9.67. The lowest BCUT2D eigenvalue weighted by molar-refractivity contribution is 0.0817. The summed E-state index contributed by atoms with van der Waals surface area (Å²) in [5.41, 5.74) is 8.70. The molecule has 3 nitrogen and oxygen atoms in total. The van der Waals surface area contributed by atoms with Crippen molar-refractivity contribution in [1.29, 1.82) is 0 Å². The van der Waals surface area contributed by atoms with E-state index in [1.807, 2.05) is 0 Å². The molecule has 0 radical (unpaired) electrons. The van der Waals surface area contributed by atoms with Crippen LogP contribution in [0.15, 0.2) is 24.3 Å². The number of nitrogens with two attached hydrogens (primary N) is 1. The molecule has 2 N–H and O–H groups in total. The third-order valence-corrected chi connectivity index (χ3v) is 4.02. The fourth-order valence-corrected chi connectivity index (χ4v) is 2.89. The third-order valence-electron chi connectivity index (χ3n) is 4.02. The van der Waals surface area contributed by atoms with Crippen molar-refractivity contribution >= 4 is 0 Å². The lowest BCUT2D eigenvalue weighted by Gasteiger charge is -2.37. The second kappa shape index (κ2) is 9.11. The molecule has 20 heavy (non-hydrogen) atoms. The SMILES string of the molecule is CCC(CC)N(CCOC)C(CN)c1cccc(C)c1. The van der Waals surface area contributed by atoms with E-state index in [2.05, 4.69) is 49.9 Å². The van der Waals surface area contributed by atoms with Crippen molar-refractivity contribution in [2.75, 3.05) is 26.8 Å². The Morgan fingerprint density at radius 2 is 1.95 bits per heavy atom. The van der Waals surface area contributed by atoms with Crippen LogP contribution in [-0.2, 0) is 4.74 Å². The quantitative estimate of drug-likeness (QED) is 0.754. The molecule has 0 aliphatic heterocycles. The van der Waals surface area contributed by atoms with E-state index in [0.717, 1.165) is 26.0 Å². The van der Waals surface area contributed by atoms with Gasteiger partial charge >= 0.3 is 0 Å². The Morgan fingerprint density at radius 3 is 2.45 bits per heavy atom. The molecule has 0 saturated heterocycles. The second-order valence-corrected chi connectivity index (χ2v) is 5.37. The predicted octanol–water partition coefficient (Wildman–Crippen LogP) is 3.13. The highest BCUT2D eigenvalue weighted by molar-refractivity contribution is 5.25. The summed E-state index contributed by atoms with van der Waals surface area (Å²) >= 11 is 0. The van der Waals surface area contributed by atoms with Gasteiger partial charge in [-0.2, -0.15) is 0 Å². The molecular weight excluding hydrogens is 248 g/mol. The van der Waals surface area contributed by atoms with Crippen molar-refractivity contribution in [2.45, 2.75) is 45.7 Å². The zero-order chi connectivity index (χ0) is 15.0. The normalized spacial score (nSPS) is 13.2. The number of hydrogen-bond acceptors (Lipinski definition) is 3. The Bertz CT molecular complexity index is 377. The van der Waals surface area contributed by atoms with Crippen LogP contribution in [0, 0.1) is 6.92 Å². The number of methoxy groups -OCH3 is 1. The molecule has 0 spiro atoms. The van der Waals surface area contributed by atoms with Gasteiger partial charge < -0.3 is 10.5 Å². The maximum atomic E-state index is 6.09. The standard InChI is InChI=1S/C17H30N2O/c1-5-16(6-2)19(10-11-20-4)17(13-18)15-9-7-8-14(3)12-15/h7-9,12,16-17H,5-6,10-11,13,18H2,1-4H3. The van der Waals surface area contributed by atoms with Crippen molar-refractivity contribution in [2.24, 2.45) is 5.73 Å². The van der Waals surface area contributed by atoms with Crippen LogP contribution in [0.2, 0.25) is 0 Å². The van der Waals surface area contributed by atoms with Gasteiger partial charge in [0, 0.05) is 32.3 Å². The smallest absolute Gasteiger partial charge is 0.0590 e. The third kappa shape index (κ3) is 4.58. The average molecular weight is 278 g/mol. The van der Waals surface area contributed by atoms with E-state index in [1.54, 1.807) is 7.11 Å². The predicted molar refractivity (Wildman–Crippen MR) is 85.9 cm³/mol. The number of aryl methyl sites for hydroxylation is 1. The number of hydrogen-bond donors (Lipinski definition) is 1. The van der Waals surface area contributed by atoms with Gasteiger partial charge in [0.1, 0.15) is 0 Å². The topological polar surface area (TPSA) is 38.5 Å². The van der Waals surface area contributed by atoms with Gasteiger partial charge in [0.2, 0.25) is 0 Å². The molecule has 0 aromatic heterocycles. The molecule has 1 unspecified atom stereocenters. The summed E-state index contributed by atoms with van der Waals surface area (Å²) in [6, 6.07) is 9.52. The molecule has 1 aromatic rings. The summed E-state index contributed by atoms with van der Waals surface area (Å²) in [5.74, 6) is 0. The second-order valence-electron chi connectivity index (χ2n) is 5.37. The summed E-state index contributed by atoms with van der Waals surface area (Å²) in [7, 11) is 1.76. The minimum absolute atomic E-state index is 0.273. The van der Waals surface area contributed by atoms with Gasteiger partial charge in [-0.3, -0.25) is 4.90 Å². The molecule has 3 heteroatoms. The van der Waals surface area contributed by atoms with Crippen LogP contribution in [0.3, 0.4) is 0 Å². The Kier molecular flexibility index (Phi) is 7.82. The maximum Gasteiger partial charge on any atom is 0.0590 e. The van der Waals surface area contributed by atoms with Crippen molar-refractivity contribution in [1.82, 2.24) is 4.90 Å². The first-order valence-corrected chi connectivity index (χ1v) is 7.69. The molecule has 0 aliphatic carbocycles. The van der Waals surface area contributed by atoms with Crippen molar-refractivity contribution in [3.8, 4) is 0 Å². The molecule has 114 valence electrons. The van der Waals surface area contributed by atoms with Crippen LogP contribution in [-0.4, -0.2) is 37.7 Å². The van der Waals surface area contributed by atoms with Crippen LogP contribution >= 0.6 is 0 Å². The van der Waals surface area contributed by atoms with Crippen LogP contribution in [0.5, 0.6) is 0 Å². The molecule has 1 atom stereocenters. The maximum absolute atomic E-state index is 6.09. The number of ether oxygens (including phenoxy) is 1. The van der Waals surface area contributed by atoms with Gasteiger partial charge in [0.05, 0.1) is 6.61 Å². The lowest BCUT2D eigenvalue weighted by Crippen LogP contribution is -2.42. The Hall–Kier alpha value is -0.900. The number of nitrogens with zero attached hydrogens (tertiary/aromatic N) is 1. The van der Waals surface area contributed by atoms with Crippen LogP contribution in [0.4, 0.5) is 0 Å². The van der Waals surface area contributed by atoms with Crippen LogP contribution in [0.1, 0.15) is 43.9 Å². The lowest BCUT2D eigenvalue weighted by atomic mass is 9.99. The first kappa shape index (κ1) is 17.2. The van der Waals surface area contributed by atoms with E-state index >= 15 is 0 Å². The fourth-order valence-electron chi connectivity index (χ4n) is 2.89. The molecule has 1 rings (SSSR count). The molecule has 0 fully saturated rings. The van der Waals surface area contributed by atoms with E-state index in [1.165, 1.54) is 11.1 Å². The van der Waals surface area contributed by atoms with Gasteiger partial charge in [0.25, 0.3) is 0 Å². The fraction of sp³-hybridized carbons (Fsp3) is 0.647. The van der Waals surface area contributed by atoms with Crippen LogP contribution < -0.4 is 5.73 Å². The van der Waals surface area contributed by atoms with E-state index in [-0.39, 0.29) is 6.04 Å². The van der Waals surface area contributed by atoms with E-state index in [9.17, 15) is 0 Å². The molecule has 0 amide bonds. The van der Waals surface area contributed by atoms with Crippen molar-refractivity contribution < 1.29 is 4.74 Å². The summed E-state index contributed by atoms with van der Waals surface area (Å²) in [5, 5.41) is 0. The number of rotatable bonds is 9. The van der Waals surface area contributed by atoms with Gasteiger partial charge in [-0.25, -0.2) is 0 Å². The Balaban J connectivity index is 3.00. The molecular formula is C17H30N2O. The number of benzene rings is 1. The summed E-state index contributed by atoms with van der Waals surface area (Å²) in [6.45, 7) is 8.95. The molecule has 1 aromatic carbocycles. The Morgan fingerprint density at radius 1 is 1.25 bits per heavy atom. The molecule has 0 saturated carbocycles. The molecule has 0 heterocycles. The summed E-state index contributed by atoms with van der Waals surface area (Å²) < 4.78 is 5.28. The van der Waals surface area contributed by atoms with Crippen molar-refractivity contribution in [3.63, 3.8) is 0 Å². The highest BCUT2D eigenvalue weighted by Crippen LogP contribution is 2.25. The highest BCUT2D eigenvalue weighted by Gasteiger charge is 2.24. The zero-order valence-corrected chi connectivity index (χ0v) is 13.4. The van der Waals surface area contributed by atoms with Crippen molar-refractivity contribution in [3.05, 3.63) is 35.4 Å².